The van der Waals surface area contributed by atoms with Crippen LogP contribution in [0.3, 0.4) is 0 Å². The summed E-state index contributed by atoms with van der Waals surface area (Å²) in [4.78, 5) is 12.3. The zero-order valence-corrected chi connectivity index (χ0v) is 12.6. The van der Waals surface area contributed by atoms with Gasteiger partial charge in [0.05, 0.1) is 0 Å². The maximum Gasteiger partial charge on any atom is 0.251 e. The van der Waals surface area contributed by atoms with Crippen molar-refractivity contribution in [3.8, 4) is 0 Å². The topological polar surface area (TPSA) is 41.1 Å². The Balaban J connectivity index is 2.01. The predicted octanol–water partition coefficient (Wildman–Crippen LogP) is 2.69. The molecular weight excluding hydrogens is 260 g/mol. The van der Waals surface area contributed by atoms with Crippen molar-refractivity contribution in [3.63, 3.8) is 0 Å². The van der Waals surface area contributed by atoms with Gasteiger partial charge in [-0.2, -0.15) is 0 Å². The molecule has 1 amide bonds. The molecule has 2 aromatic carbocycles. The molecular formula is C18H22N2O. The summed E-state index contributed by atoms with van der Waals surface area (Å²) in [5.41, 5.74) is 4.18. The van der Waals surface area contributed by atoms with Crippen molar-refractivity contribution in [2.75, 3.05) is 13.6 Å². The summed E-state index contributed by atoms with van der Waals surface area (Å²) < 4.78 is 0. The molecule has 0 aromatic heterocycles. The Kier molecular flexibility index (Phi) is 5.52. The average molecular weight is 282 g/mol. The van der Waals surface area contributed by atoms with Gasteiger partial charge in [-0.05, 0) is 44.1 Å². The van der Waals surface area contributed by atoms with E-state index in [1.54, 1.807) is 0 Å². The normalized spacial score (nSPS) is 10.4. The number of rotatable bonds is 6. The molecule has 2 rings (SSSR count). The van der Waals surface area contributed by atoms with Gasteiger partial charge in [0.25, 0.3) is 5.91 Å². The van der Waals surface area contributed by atoms with Crippen LogP contribution in [0.1, 0.15) is 27.0 Å². The van der Waals surface area contributed by atoms with E-state index >= 15 is 0 Å². The van der Waals surface area contributed by atoms with E-state index in [0.29, 0.717) is 6.54 Å². The van der Waals surface area contributed by atoms with Crippen LogP contribution in [0.4, 0.5) is 0 Å². The van der Waals surface area contributed by atoms with E-state index in [0.717, 1.165) is 29.7 Å². The summed E-state index contributed by atoms with van der Waals surface area (Å²) in [6, 6.07) is 16.0. The first-order valence-electron chi connectivity index (χ1n) is 7.27. The van der Waals surface area contributed by atoms with Gasteiger partial charge in [-0.15, -0.1) is 0 Å². The molecule has 2 N–H and O–H groups in total. The number of likely N-dealkylation sites (N-methyl/N-ethyl adjacent to an activating group) is 1. The van der Waals surface area contributed by atoms with Crippen molar-refractivity contribution in [2.24, 2.45) is 0 Å². The van der Waals surface area contributed by atoms with Crippen molar-refractivity contribution in [1.82, 2.24) is 10.6 Å². The summed E-state index contributed by atoms with van der Waals surface area (Å²) in [5.74, 6) is -0.0118. The SMILES string of the molecule is CNCCc1ccccc1C(=O)NCc1ccc(C)cc1. The summed E-state index contributed by atoms with van der Waals surface area (Å²) in [5, 5.41) is 6.11. The molecule has 0 aliphatic rings. The van der Waals surface area contributed by atoms with E-state index in [4.69, 9.17) is 0 Å². The monoisotopic (exact) mass is 282 g/mol. The molecule has 0 saturated heterocycles. The van der Waals surface area contributed by atoms with Crippen LogP contribution in [0.15, 0.2) is 48.5 Å². The molecule has 21 heavy (non-hydrogen) atoms. The van der Waals surface area contributed by atoms with Crippen molar-refractivity contribution < 1.29 is 4.79 Å². The maximum absolute atomic E-state index is 12.3. The lowest BCUT2D eigenvalue weighted by Crippen LogP contribution is -2.24. The third-order valence-electron chi connectivity index (χ3n) is 3.48. The fraction of sp³-hybridized carbons (Fsp3) is 0.278. The van der Waals surface area contributed by atoms with E-state index in [2.05, 4.69) is 29.7 Å². The van der Waals surface area contributed by atoms with Gasteiger partial charge >= 0.3 is 0 Å². The van der Waals surface area contributed by atoms with Crippen molar-refractivity contribution in [3.05, 3.63) is 70.8 Å². The van der Waals surface area contributed by atoms with Gasteiger partial charge in [-0.25, -0.2) is 0 Å². The van der Waals surface area contributed by atoms with Gasteiger partial charge in [-0.1, -0.05) is 48.0 Å². The third-order valence-corrected chi connectivity index (χ3v) is 3.48. The minimum Gasteiger partial charge on any atom is -0.348 e. The summed E-state index contributed by atoms with van der Waals surface area (Å²) in [6.45, 7) is 3.47. The second-order valence-electron chi connectivity index (χ2n) is 5.18. The van der Waals surface area contributed by atoms with Crippen LogP contribution in [0.2, 0.25) is 0 Å². The Hall–Kier alpha value is -2.13. The molecule has 0 bridgehead atoms. The zero-order chi connectivity index (χ0) is 15.1. The standard InChI is InChI=1S/C18H22N2O/c1-14-7-9-15(10-8-14)13-20-18(21)17-6-4-3-5-16(17)11-12-19-2/h3-10,19H,11-13H2,1-2H3,(H,20,21). The van der Waals surface area contributed by atoms with Crippen LogP contribution in [0, 0.1) is 6.92 Å². The van der Waals surface area contributed by atoms with Gasteiger partial charge < -0.3 is 10.6 Å². The molecule has 0 heterocycles. The molecule has 0 aliphatic carbocycles. The molecule has 0 spiro atoms. The first-order valence-corrected chi connectivity index (χ1v) is 7.27. The number of amides is 1. The van der Waals surface area contributed by atoms with Crippen LogP contribution in [-0.4, -0.2) is 19.5 Å². The molecule has 0 unspecified atom stereocenters. The molecule has 0 fully saturated rings. The number of carbonyl (C=O) groups excluding carboxylic acids is 1. The highest BCUT2D eigenvalue weighted by molar-refractivity contribution is 5.95. The van der Waals surface area contributed by atoms with Crippen molar-refractivity contribution in [1.29, 1.82) is 0 Å². The van der Waals surface area contributed by atoms with Gasteiger partial charge in [0.1, 0.15) is 0 Å². The minimum atomic E-state index is -0.0118. The Bertz CT molecular complexity index is 590. The first kappa shape index (κ1) is 15.3. The molecule has 0 atom stereocenters. The number of hydrogen-bond donors (Lipinski definition) is 2. The van der Waals surface area contributed by atoms with E-state index in [1.807, 2.05) is 43.4 Å². The number of carbonyl (C=O) groups is 1. The van der Waals surface area contributed by atoms with E-state index in [9.17, 15) is 4.79 Å². The summed E-state index contributed by atoms with van der Waals surface area (Å²) >= 11 is 0. The van der Waals surface area contributed by atoms with E-state index < -0.39 is 0 Å². The molecule has 0 saturated carbocycles. The number of nitrogens with one attached hydrogen (secondary N) is 2. The lowest BCUT2D eigenvalue weighted by atomic mass is 10.0. The van der Waals surface area contributed by atoms with E-state index in [-0.39, 0.29) is 5.91 Å². The van der Waals surface area contributed by atoms with Gasteiger partial charge in [0.15, 0.2) is 0 Å². The van der Waals surface area contributed by atoms with Crippen molar-refractivity contribution >= 4 is 5.91 Å². The quantitative estimate of drug-likeness (QED) is 0.855. The van der Waals surface area contributed by atoms with Crippen LogP contribution >= 0.6 is 0 Å². The molecule has 0 radical (unpaired) electrons. The Morgan fingerprint density at radius 2 is 1.76 bits per heavy atom. The number of benzene rings is 2. The lowest BCUT2D eigenvalue weighted by Gasteiger charge is -2.10. The average Bonchev–Trinajstić information content (AvgIpc) is 2.52. The number of hydrogen-bond acceptors (Lipinski definition) is 2. The zero-order valence-electron chi connectivity index (χ0n) is 12.6. The highest BCUT2D eigenvalue weighted by Gasteiger charge is 2.10. The predicted molar refractivity (Wildman–Crippen MR) is 86.4 cm³/mol. The summed E-state index contributed by atoms with van der Waals surface area (Å²) in [7, 11) is 1.92. The molecule has 2 aromatic rings. The van der Waals surface area contributed by atoms with Gasteiger partial charge in [0.2, 0.25) is 0 Å². The van der Waals surface area contributed by atoms with Crippen molar-refractivity contribution in [2.45, 2.75) is 19.9 Å². The van der Waals surface area contributed by atoms with Crippen LogP contribution in [-0.2, 0) is 13.0 Å². The van der Waals surface area contributed by atoms with Crippen LogP contribution in [0.25, 0.3) is 0 Å². The highest BCUT2D eigenvalue weighted by atomic mass is 16.1. The first-order chi connectivity index (χ1) is 10.2. The summed E-state index contributed by atoms with van der Waals surface area (Å²) in [6.07, 6.45) is 0.852. The number of aryl methyl sites for hydroxylation is 1. The second-order valence-corrected chi connectivity index (χ2v) is 5.18. The fourth-order valence-corrected chi connectivity index (χ4v) is 2.20. The lowest BCUT2D eigenvalue weighted by molar-refractivity contribution is 0.0950. The fourth-order valence-electron chi connectivity index (χ4n) is 2.20. The van der Waals surface area contributed by atoms with Gasteiger partial charge in [-0.3, -0.25) is 4.79 Å². The Morgan fingerprint density at radius 3 is 2.48 bits per heavy atom. The van der Waals surface area contributed by atoms with Crippen LogP contribution < -0.4 is 10.6 Å². The molecule has 3 heteroatoms. The maximum atomic E-state index is 12.3. The molecule has 3 nitrogen and oxygen atoms in total. The Labute approximate surface area is 126 Å². The largest absolute Gasteiger partial charge is 0.348 e. The highest BCUT2D eigenvalue weighted by Crippen LogP contribution is 2.10. The Morgan fingerprint density at radius 1 is 1.05 bits per heavy atom. The molecule has 0 aliphatic heterocycles. The molecule has 110 valence electrons. The minimum absolute atomic E-state index is 0.0118. The van der Waals surface area contributed by atoms with Crippen LogP contribution in [0.5, 0.6) is 0 Å². The second kappa shape index (κ2) is 7.60. The third kappa shape index (κ3) is 4.43. The van der Waals surface area contributed by atoms with Gasteiger partial charge in [0, 0.05) is 12.1 Å². The smallest absolute Gasteiger partial charge is 0.251 e. The van der Waals surface area contributed by atoms with E-state index in [1.165, 1.54) is 5.56 Å².